The average molecular weight is 397 g/mol. The molecule has 144 valence electrons. The highest BCUT2D eigenvalue weighted by molar-refractivity contribution is 7.99. The molecule has 1 N–H and O–H groups in total. The van der Waals surface area contributed by atoms with Crippen LogP contribution in [0.25, 0.3) is 11.0 Å². The lowest BCUT2D eigenvalue weighted by Gasteiger charge is -2.05. The molecule has 0 aliphatic carbocycles. The molecule has 3 aromatic rings. The summed E-state index contributed by atoms with van der Waals surface area (Å²) in [6, 6.07) is 13.9. The van der Waals surface area contributed by atoms with E-state index in [9.17, 15) is 14.9 Å². The van der Waals surface area contributed by atoms with Gasteiger partial charge in [0.2, 0.25) is 0 Å². The van der Waals surface area contributed by atoms with Gasteiger partial charge in [-0.15, -0.1) is 0 Å². The molecule has 9 heteroatoms. The highest BCUT2D eigenvalue weighted by Crippen LogP contribution is 2.23. The van der Waals surface area contributed by atoms with Gasteiger partial charge < -0.3 is 4.57 Å². The number of hydrogen-bond acceptors (Lipinski definition) is 6. The third kappa shape index (κ3) is 4.37. The minimum Gasteiger partial charge on any atom is -0.319 e. The van der Waals surface area contributed by atoms with E-state index in [1.165, 1.54) is 23.9 Å². The SMILES string of the molecule is CCn1c(SCC(=O)N/N=C(/C)c2ccc([N+](=O)[O-])cc2)nc2ccccc21. The van der Waals surface area contributed by atoms with Crippen LogP contribution >= 0.6 is 11.8 Å². The molecule has 8 nitrogen and oxygen atoms in total. The number of para-hydroxylation sites is 2. The van der Waals surface area contributed by atoms with Crippen LogP contribution in [0.5, 0.6) is 0 Å². The number of aryl methyl sites for hydroxylation is 1. The van der Waals surface area contributed by atoms with Gasteiger partial charge in [0.1, 0.15) is 0 Å². The van der Waals surface area contributed by atoms with Gasteiger partial charge >= 0.3 is 0 Å². The predicted octanol–water partition coefficient (Wildman–Crippen LogP) is 3.60. The van der Waals surface area contributed by atoms with Crippen LogP contribution in [0.3, 0.4) is 0 Å². The number of amides is 1. The Labute approximate surface area is 165 Å². The van der Waals surface area contributed by atoms with E-state index in [0.29, 0.717) is 11.3 Å². The highest BCUT2D eigenvalue weighted by atomic mass is 32.2. The van der Waals surface area contributed by atoms with E-state index < -0.39 is 4.92 Å². The third-order valence-corrected chi connectivity index (χ3v) is 5.09. The summed E-state index contributed by atoms with van der Waals surface area (Å²) in [7, 11) is 0. The first kappa shape index (κ1) is 19.6. The molecule has 28 heavy (non-hydrogen) atoms. The van der Waals surface area contributed by atoms with Crippen molar-refractivity contribution in [3.8, 4) is 0 Å². The summed E-state index contributed by atoms with van der Waals surface area (Å²) in [5, 5.41) is 15.6. The number of imidazole rings is 1. The number of nitrogens with one attached hydrogen (secondary N) is 1. The molecule has 1 amide bonds. The van der Waals surface area contributed by atoms with E-state index in [2.05, 4.69) is 20.1 Å². The first-order valence-electron chi connectivity index (χ1n) is 8.65. The fourth-order valence-corrected chi connectivity index (χ4v) is 3.54. The maximum absolute atomic E-state index is 12.1. The third-order valence-electron chi connectivity index (χ3n) is 4.11. The number of non-ortho nitro benzene ring substituents is 1. The molecule has 2 aromatic carbocycles. The number of hydrogen-bond donors (Lipinski definition) is 1. The van der Waals surface area contributed by atoms with E-state index in [1.807, 2.05) is 31.2 Å². The number of nitrogens with zero attached hydrogens (tertiary/aromatic N) is 4. The van der Waals surface area contributed by atoms with Crippen molar-refractivity contribution in [2.75, 3.05) is 5.75 Å². The van der Waals surface area contributed by atoms with Crippen molar-refractivity contribution in [1.82, 2.24) is 15.0 Å². The molecule has 1 aromatic heterocycles. The number of nitro benzene ring substituents is 1. The minimum absolute atomic E-state index is 0.01000. The minimum atomic E-state index is -0.459. The Bertz CT molecular complexity index is 1040. The van der Waals surface area contributed by atoms with Crippen molar-refractivity contribution >= 4 is 40.1 Å². The summed E-state index contributed by atoms with van der Waals surface area (Å²) < 4.78 is 2.07. The van der Waals surface area contributed by atoms with Gasteiger partial charge in [0, 0.05) is 18.7 Å². The number of rotatable bonds is 7. The van der Waals surface area contributed by atoms with Crippen LogP contribution in [0, 0.1) is 10.1 Å². The highest BCUT2D eigenvalue weighted by Gasteiger charge is 2.12. The second kappa shape index (κ2) is 8.66. The molecule has 0 saturated carbocycles. The van der Waals surface area contributed by atoms with Crippen molar-refractivity contribution in [3.63, 3.8) is 0 Å². The van der Waals surface area contributed by atoms with Crippen LogP contribution in [0.15, 0.2) is 58.8 Å². The monoisotopic (exact) mass is 397 g/mol. The predicted molar refractivity (Wildman–Crippen MR) is 110 cm³/mol. The number of thioether (sulfide) groups is 1. The maximum atomic E-state index is 12.1. The smallest absolute Gasteiger partial charge is 0.269 e. The molecule has 0 unspecified atom stereocenters. The van der Waals surface area contributed by atoms with Crippen LogP contribution in [0.1, 0.15) is 19.4 Å². The Hall–Kier alpha value is -3.20. The lowest BCUT2D eigenvalue weighted by molar-refractivity contribution is -0.384. The molecule has 0 aliphatic heterocycles. The standard InChI is InChI=1S/C19H19N5O3S/c1-3-23-17-7-5-4-6-16(17)20-19(23)28-12-18(25)22-21-13(2)14-8-10-15(11-9-14)24(26)27/h4-11H,3,12H2,1-2H3,(H,22,25)/b21-13-. The number of carbonyl (C=O) groups is 1. The van der Waals surface area contributed by atoms with Crippen LogP contribution in [0.4, 0.5) is 5.69 Å². The Balaban J connectivity index is 1.61. The van der Waals surface area contributed by atoms with Gasteiger partial charge in [-0.05, 0) is 43.7 Å². The largest absolute Gasteiger partial charge is 0.319 e. The van der Waals surface area contributed by atoms with Gasteiger partial charge in [-0.3, -0.25) is 14.9 Å². The van der Waals surface area contributed by atoms with Crippen molar-refractivity contribution in [2.24, 2.45) is 5.10 Å². The Morgan fingerprint density at radius 3 is 2.64 bits per heavy atom. The van der Waals surface area contributed by atoms with E-state index >= 15 is 0 Å². The first-order chi connectivity index (χ1) is 13.5. The normalized spacial score (nSPS) is 11.6. The Morgan fingerprint density at radius 2 is 1.96 bits per heavy atom. The lowest BCUT2D eigenvalue weighted by Crippen LogP contribution is -2.21. The summed E-state index contributed by atoms with van der Waals surface area (Å²) >= 11 is 1.35. The van der Waals surface area contributed by atoms with Crippen molar-refractivity contribution < 1.29 is 9.72 Å². The molecule has 1 heterocycles. The topological polar surface area (TPSA) is 102 Å². The van der Waals surface area contributed by atoms with Crippen molar-refractivity contribution in [3.05, 3.63) is 64.2 Å². The van der Waals surface area contributed by atoms with Gasteiger partial charge in [0.25, 0.3) is 11.6 Å². The summed E-state index contributed by atoms with van der Waals surface area (Å²) in [6.45, 7) is 4.53. The van der Waals surface area contributed by atoms with E-state index in [1.54, 1.807) is 19.1 Å². The number of carbonyl (C=O) groups excluding carboxylic acids is 1. The molecule has 0 aliphatic rings. The summed E-state index contributed by atoms with van der Waals surface area (Å²) in [4.78, 5) is 27.0. The van der Waals surface area contributed by atoms with E-state index in [0.717, 1.165) is 22.7 Å². The average Bonchev–Trinajstić information content (AvgIpc) is 3.08. The van der Waals surface area contributed by atoms with Crippen molar-refractivity contribution in [2.45, 2.75) is 25.5 Å². The number of fused-ring (bicyclic) bond motifs is 1. The molecule has 0 saturated heterocycles. The number of aromatic nitrogens is 2. The second-order valence-corrected chi connectivity index (χ2v) is 6.89. The van der Waals surface area contributed by atoms with Gasteiger partial charge in [-0.1, -0.05) is 23.9 Å². The van der Waals surface area contributed by atoms with Crippen molar-refractivity contribution in [1.29, 1.82) is 0 Å². The van der Waals surface area contributed by atoms with Crippen LogP contribution < -0.4 is 5.43 Å². The fraction of sp³-hybridized carbons (Fsp3) is 0.211. The maximum Gasteiger partial charge on any atom is 0.269 e. The molecular formula is C19H19N5O3S. The number of nitro groups is 1. The van der Waals surface area contributed by atoms with Crippen LogP contribution in [-0.4, -0.2) is 31.8 Å². The molecule has 0 spiro atoms. The first-order valence-corrected chi connectivity index (χ1v) is 9.64. The van der Waals surface area contributed by atoms with E-state index in [-0.39, 0.29) is 17.3 Å². The number of benzene rings is 2. The van der Waals surface area contributed by atoms with E-state index in [4.69, 9.17) is 0 Å². The zero-order chi connectivity index (χ0) is 20.1. The molecule has 0 bridgehead atoms. The van der Waals surface area contributed by atoms with Gasteiger partial charge in [0.15, 0.2) is 5.16 Å². The van der Waals surface area contributed by atoms with Gasteiger partial charge in [0.05, 0.1) is 27.4 Å². The van der Waals surface area contributed by atoms with Gasteiger partial charge in [-0.2, -0.15) is 5.10 Å². The second-order valence-electron chi connectivity index (χ2n) is 5.95. The summed E-state index contributed by atoms with van der Waals surface area (Å²) in [5.41, 5.74) is 5.74. The quantitative estimate of drug-likeness (QED) is 0.284. The molecule has 0 fully saturated rings. The molecule has 0 radical (unpaired) electrons. The summed E-state index contributed by atoms with van der Waals surface area (Å²) in [5.74, 6) is -0.0682. The zero-order valence-corrected chi connectivity index (χ0v) is 16.3. The van der Waals surface area contributed by atoms with Crippen LogP contribution in [-0.2, 0) is 11.3 Å². The fourth-order valence-electron chi connectivity index (χ4n) is 2.67. The molecule has 3 rings (SSSR count). The van der Waals surface area contributed by atoms with Crippen LogP contribution in [0.2, 0.25) is 0 Å². The molecular weight excluding hydrogens is 378 g/mol. The number of hydrazone groups is 1. The zero-order valence-electron chi connectivity index (χ0n) is 15.5. The molecule has 0 atom stereocenters. The summed E-state index contributed by atoms with van der Waals surface area (Å²) in [6.07, 6.45) is 0. The Morgan fingerprint density at radius 1 is 1.25 bits per heavy atom. The Kier molecular flexibility index (Phi) is 6.05. The lowest BCUT2D eigenvalue weighted by atomic mass is 10.1. The van der Waals surface area contributed by atoms with Gasteiger partial charge in [-0.25, -0.2) is 10.4 Å².